The summed E-state index contributed by atoms with van der Waals surface area (Å²) in [6, 6.07) is 7.36. The van der Waals surface area contributed by atoms with Crippen molar-refractivity contribution in [3.8, 4) is 11.4 Å². The van der Waals surface area contributed by atoms with Crippen LogP contribution in [0, 0.1) is 0 Å². The third kappa shape index (κ3) is 2.48. The van der Waals surface area contributed by atoms with Gasteiger partial charge in [0.1, 0.15) is 6.33 Å². The number of hydrogen-bond acceptors (Lipinski definition) is 3. The highest BCUT2D eigenvalue weighted by molar-refractivity contribution is 5.58. The monoisotopic (exact) mass is 282 g/mol. The Kier molecular flexibility index (Phi) is 3.47. The summed E-state index contributed by atoms with van der Waals surface area (Å²) in [5, 5.41) is 12.0. The topological polar surface area (TPSA) is 42.7 Å². The molecule has 0 saturated heterocycles. The van der Waals surface area contributed by atoms with Gasteiger partial charge in [0.15, 0.2) is 5.82 Å². The molecular formula is C17H22N4. The van der Waals surface area contributed by atoms with Gasteiger partial charge in [-0.1, -0.05) is 31.4 Å². The second-order valence-corrected chi connectivity index (χ2v) is 6.26. The minimum Gasteiger partial charge on any atom is -0.312 e. The molecule has 4 nitrogen and oxygen atoms in total. The lowest BCUT2D eigenvalue weighted by atomic mass is 9.94. The second kappa shape index (κ2) is 5.60. The van der Waals surface area contributed by atoms with Crippen LogP contribution in [0.1, 0.15) is 49.3 Å². The minimum absolute atomic E-state index is 0.581. The molecule has 1 aromatic carbocycles. The third-order valence-corrected chi connectivity index (χ3v) is 4.89. The Morgan fingerprint density at radius 3 is 2.90 bits per heavy atom. The molecule has 21 heavy (non-hydrogen) atoms. The van der Waals surface area contributed by atoms with Crippen LogP contribution in [0.3, 0.4) is 0 Å². The summed E-state index contributed by atoms with van der Waals surface area (Å²) in [6.07, 6.45) is 9.61. The lowest BCUT2D eigenvalue weighted by molar-refractivity contribution is 0.355. The summed E-state index contributed by atoms with van der Waals surface area (Å²) in [5.74, 6) is 1.04. The van der Waals surface area contributed by atoms with Crippen molar-refractivity contribution in [3.63, 3.8) is 0 Å². The van der Waals surface area contributed by atoms with Gasteiger partial charge in [-0.25, -0.2) is 0 Å². The fraction of sp³-hybridized carbons (Fsp3) is 0.529. The highest BCUT2D eigenvalue weighted by atomic mass is 15.3. The van der Waals surface area contributed by atoms with Crippen molar-refractivity contribution in [1.29, 1.82) is 0 Å². The van der Waals surface area contributed by atoms with Crippen molar-refractivity contribution in [3.05, 3.63) is 35.7 Å². The van der Waals surface area contributed by atoms with E-state index >= 15 is 0 Å². The van der Waals surface area contributed by atoms with Crippen molar-refractivity contribution in [1.82, 2.24) is 20.1 Å². The maximum atomic E-state index is 4.40. The molecule has 1 aliphatic heterocycles. The maximum Gasteiger partial charge on any atom is 0.164 e. The van der Waals surface area contributed by atoms with Gasteiger partial charge < -0.3 is 9.88 Å². The van der Waals surface area contributed by atoms with E-state index in [4.69, 9.17) is 0 Å². The number of nitrogens with one attached hydrogen (secondary N) is 1. The number of hydrogen-bond donors (Lipinski definition) is 1. The van der Waals surface area contributed by atoms with Crippen LogP contribution in [0.5, 0.6) is 0 Å². The largest absolute Gasteiger partial charge is 0.312 e. The Bertz CT molecular complexity index is 625. The second-order valence-electron chi connectivity index (χ2n) is 6.26. The fourth-order valence-electron chi connectivity index (χ4n) is 3.70. The van der Waals surface area contributed by atoms with E-state index in [9.17, 15) is 0 Å². The maximum absolute atomic E-state index is 4.40. The van der Waals surface area contributed by atoms with E-state index in [2.05, 4.69) is 38.3 Å². The lowest BCUT2D eigenvalue weighted by Crippen LogP contribution is -2.23. The molecule has 0 unspecified atom stereocenters. The molecule has 0 atom stereocenters. The molecule has 0 bridgehead atoms. The van der Waals surface area contributed by atoms with Gasteiger partial charge in [-0.05, 0) is 43.0 Å². The molecule has 4 heteroatoms. The van der Waals surface area contributed by atoms with Crippen LogP contribution in [0.15, 0.2) is 24.5 Å². The normalized spacial score (nSPS) is 19.4. The average Bonchev–Trinajstić information content (AvgIpc) is 3.05. The van der Waals surface area contributed by atoms with Gasteiger partial charge in [-0.15, -0.1) is 10.2 Å². The van der Waals surface area contributed by atoms with Crippen LogP contribution in [-0.2, 0) is 13.0 Å². The summed E-state index contributed by atoms with van der Waals surface area (Å²) in [5.41, 5.74) is 4.10. The number of nitrogens with zero attached hydrogens (tertiary/aromatic N) is 3. The molecule has 0 radical (unpaired) electrons. The first-order valence-electron chi connectivity index (χ1n) is 8.14. The summed E-state index contributed by atoms with van der Waals surface area (Å²) in [4.78, 5) is 0. The molecule has 2 aliphatic rings. The molecule has 110 valence electrons. The van der Waals surface area contributed by atoms with Gasteiger partial charge in [0.25, 0.3) is 0 Å². The van der Waals surface area contributed by atoms with E-state index in [0.29, 0.717) is 6.04 Å². The van der Waals surface area contributed by atoms with E-state index < -0.39 is 0 Å². The van der Waals surface area contributed by atoms with E-state index in [1.165, 1.54) is 48.8 Å². The molecular weight excluding hydrogens is 260 g/mol. The molecule has 1 fully saturated rings. The molecule has 1 aromatic heterocycles. The Balaban J connectivity index is 1.68. The Labute approximate surface area is 125 Å². The lowest BCUT2D eigenvalue weighted by Gasteiger charge is -2.24. The van der Waals surface area contributed by atoms with Crippen LogP contribution in [-0.4, -0.2) is 21.3 Å². The molecule has 1 aliphatic carbocycles. The smallest absolute Gasteiger partial charge is 0.164 e. The predicted octanol–water partition coefficient (Wildman–Crippen LogP) is 3.10. The Hall–Kier alpha value is -1.68. The van der Waals surface area contributed by atoms with Gasteiger partial charge in [0.05, 0.1) is 0 Å². The molecule has 1 N–H and O–H groups in total. The highest BCUT2D eigenvalue weighted by Crippen LogP contribution is 2.32. The zero-order valence-corrected chi connectivity index (χ0v) is 12.4. The number of fused-ring (bicyclic) bond motifs is 1. The van der Waals surface area contributed by atoms with Gasteiger partial charge in [-0.3, -0.25) is 0 Å². The van der Waals surface area contributed by atoms with Crippen molar-refractivity contribution < 1.29 is 0 Å². The molecule has 4 rings (SSSR count). The first-order valence-corrected chi connectivity index (χ1v) is 8.14. The minimum atomic E-state index is 0.581. The van der Waals surface area contributed by atoms with Gasteiger partial charge in [0, 0.05) is 18.2 Å². The first-order chi connectivity index (χ1) is 10.4. The van der Waals surface area contributed by atoms with E-state index in [1.54, 1.807) is 0 Å². The molecule has 2 heterocycles. The van der Waals surface area contributed by atoms with Crippen LogP contribution in [0.4, 0.5) is 0 Å². The highest BCUT2D eigenvalue weighted by Gasteiger charge is 2.20. The van der Waals surface area contributed by atoms with E-state index in [-0.39, 0.29) is 0 Å². The molecule has 2 aromatic rings. The summed E-state index contributed by atoms with van der Waals surface area (Å²) in [6.45, 7) is 2.06. The third-order valence-electron chi connectivity index (χ3n) is 4.89. The quantitative estimate of drug-likeness (QED) is 0.920. The summed E-state index contributed by atoms with van der Waals surface area (Å²) >= 11 is 0. The summed E-state index contributed by atoms with van der Waals surface area (Å²) in [7, 11) is 0. The van der Waals surface area contributed by atoms with Crippen LogP contribution < -0.4 is 5.32 Å². The van der Waals surface area contributed by atoms with Crippen molar-refractivity contribution >= 4 is 0 Å². The zero-order chi connectivity index (χ0) is 14.1. The molecule has 0 spiro atoms. The number of aromatic nitrogens is 3. The Morgan fingerprint density at radius 2 is 2.00 bits per heavy atom. The SMILES string of the molecule is c1cc2c(cc1-c1nncn1C1CCCCC1)CNCC2. The fourth-order valence-corrected chi connectivity index (χ4v) is 3.70. The predicted molar refractivity (Wildman–Crippen MR) is 83.0 cm³/mol. The molecule has 0 amide bonds. The number of rotatable bonds is 2. The Morgan fingerprint density at radius 1 is 1.10 bits per heavy atom. The van der Waals surface area contributed by atoms with Crippen molar-refractivity contribution in [2.45, 2.75) is 51.1 Å². The summed E-state index contributed by atoms with van der Waals surface area (Å²) < 4.78 is 2.30. The van der Waals surface area contributed by atoms with Gasteiger partial charge in [-0.2, -0.15) is 0 Å². The standard InChI is InChI=1S/C17H22N4/c1-2-4-16(5-3-1)21-12-19-20-17(21)14-7-6-13-8-9-18-11-15(13)10-14/h6-7,10,12,16,18H,1-5,8-9,11H2. The van der Waals surface area contributed by atoms with Crippen LogP contribution in [0.2, 0.25) is 0 Å². The van der Waals surface area contributed by atoms with Crippen molar-refractivity contribution in [2.75, 3.05) is 6.54 Å². The van der Waals surface area contributed by atoms with Gasteiger partial charge in [0.2, 0.25) is 0 Å². The van der Waals surface area contributed by atoms with Crippen LogP contribution in [0.25, 0.3) is 11.4 Å². The first kappa shape index (κ1) is 13.0. The average molecular weight is 282 g/mol. The van der Waals surface area contributed by atoms with E-state index in [1.807, 2.05) is 6.33 Å². The van der Waals surface area contributed by atoms with Crippen LogP contribution >= 0.6 is 0 Å². The van der Waals surface area contributed by atoms with E-state index in [0.717, 1.165) is 25.3 Å². The zero-order valence-electron chi connectivity index (χ0n) is 12.4. The molecule has 1 saturated carbocycles. The number of benzene rings is 1. The van der Waals surface area contributed by atoms with Gasteiger partial charge >= 0.3 is 0 Å². The van der Waals surface area contributed by atoms with Crippen molar-refractivity contribution in [2.24, 2.45) is 0 Å².